The van der Waals surface area contributed by atoms with Gasteiger partial charge in [-0.05, 0) is 50.3 Å². The quantitative estimate of drug-likeness (QED) is 0.795. The number of hydrogen-bond acceptors (Lipinski definition) is 4. The summed E-state index contributed by atoms with van der Waals surface area (Å²) in [6.07, 6.45) is -3.17. The maximum Gasteiger partial charge on any atom is 0.174 e. The maximum absolute atomic E-state index is 12.9. The van der Waals surface area contributed by atoms with Crippen LogP contribution in [0.15, 0.2) is 12.1 Å². The fourth-order valence-electron chi connectivity index (χ4n) is 4.84. The van der Waals surface area contributed by atoms with Gasteiger partial charge < -0.3 is 14.4 Å². The van der Waals surface area contributed by atoms with Gasteiger partial charge in [0.25, 0.3) is 0 Å². The largest absolute Gasteiger partial charge is 0.493 e. The maximum atomic E-state index is 12.9. The van der Waals surface area contributed by atoms with E-state index < -0.39 is 36.8 Å². The van der Waals surface area contributed by atoms with Crippen molar-refractivity contribution in [1.82, 2.24) is 4.90 Å². The van der Waals surface area contributed by atoms with Crippen LogP contribution in [0.2, 0.25) is 0 Å². The summed E-state index contributed by atoms with van der Waals surface area (Å²) in [5.74, 6) is -0.211. The number of likely N-dealkylation sites (N-methyl/N-ethyl adjacent to an activating group) is 1. The third-order valence-electron chi connectivity index (χ3n) is 5.73. The average molecular weight is 305 g/mol. The first-order valence-corrected chi connectivity index (χ1v) is 7.71. The van der Waals surface area contributed by atoms with Crippen LogP contribution in [0.5, 0.6) is 11.5 Å². The molecular formula is C18H21NO3. The molecule has 2 heterocycles. The normalized spacial score (nSPS) is 48.7. The van der Waals surface area contributed by atoms with Crippen LogP contribution in [0.25, 0.3) is 0 Å². The molecule has 1 aromatic rings. The van der Waals surface area contributed by atoms with Crippen molar-refractivity contribution in [1.29, 1.82) is 0 Å². The number of nitrogens with zero attached hydrogens (tertiary/aromatic N) is 1. The molecule has 0 N–H and O–H groups in total. The second kappa shape index (κ2) is 4.05. The predicted molar refractivity (Wildman–Crippen MR) is 81.6 cm³/mol. The van der Waals surface area contributed by atoms with E-state index in [1.807, 2.05) is 0 Å². The number of methoxy groups -OCH3 is 1. The summed E-state index contributed by atoms with van der Waals surface area (Å²) in [5, 5.41) is 0. The van der Waals surface area contributed by atoms with Gasteiger partial charge in [-0.3, -0.25) is 4.79 Å². The molecule has 5 rings (SSSR count). The smallest absolute Gasteiger partial charge is 0.174 e. The molecule has 2 fully saturated rings. The fourth-order valence-corrected chi connectivity index (χ4v) is 4.84. The molecule has 0 amide bonds. The third kappa shape index (κ3) is 1.27. The molecule has 0 aromatic heterocycles. The number of carbonyl (C=O) groups excluding carboxylic acids is 1. The Balaban J connectivity index is 1.87. The molecule has 4 aliphatic rings. The summed E-state index contributed by atoms with van der Waals surface area (Å²) in [5.41, 5.74) is -0.215. The number of ketones is 1. The SMILES string of the molecule is [2H]C1([2H])c2ccc(OC)c3c2[C@]24CCN(C([2H])([2H])[2H])[C@H]1[C@@H]2CCC(=O)C4([2H])O3. The predicted octanol–water partition coefficient (Wildman–Crippen LogP) is 1.93. The van der Waals surface area contributed by atoms with Crippen LogP contribution in [0.3, 0.4) is 0 Å². The van der Waals surface area contributed by atoms with Crippen molar-refractivity contribution in [3.8, 4) is 11.5 Å². The van der Waals surface area contributed by atoms with Crippen molar-refractivity contribution in [2.24, 2.45) is 5.92 Å². The Hall–Kier alpha value is -1.55. The van der Waals surface area contributed by atoms with E-state index in [0.29, 0.717) is 23.3 Å². The van der Waals surface area contributed by atoms with Gasteiger partial charge in [0.2, 0.25) is 0 Å². The molecule has 116 valence electrons. The van der Waals surface area contributed by atoms with Gasteiger partial charge in [0.1, 0.15) is 0 Å². The van der Waals surface area contributed by atoms with E-state index in [-0.39, 0.29) is 30.9 Å². The van der Waals surface area contributed by atoms with E-state index in [9.17, 15) is 4.79 Å². The minimum atomic E-state index is -2.46. The van der Waals surface area contributed by atoms with Crippen LogP contribution in [0, 0.1) is 5.92 Å². The third-order valence-corrected chi connectivity index (χ3v) is 5.73. The van der Waals surface area contributed by atoms with E-state index in [0.717, 1.165) is 0 Å². The lowest BCUT2D eigenvalue weighted by Gasteiger charge is -2.57. The Morgan fingerprint density at radius 3 is 3.32 bits per heavy atom. The van der Waals surface area contributed by atoms with Gasteiger partial charge in [0.05, 0.1) is 8.48 Å². The zero-order valence-electron chi connectivity index (χ0n) is 18.3. The van der Waals surface area contributed by atoms with Gasteiger partial charge in [-0.25, -0.2) is 0 Å². The van der Waals surface area contributed by atoms with Crippen LogP contribution >= 0.6 is 0 Å². The van der Waals surface area contributed by atoms with Crippen LogP contribution in [-0.2, 0) is 16.6 Å². The average Bonchev–Trinajstić information content (AvgIpc) is 2.88. The number of benzene rings is 1. The zero-order chi connectivity index (χ0) is 20.3. The molecule has 1 spiro atoms. The number of Topliss-reactive ketones (excluding diaryl/α,β-unsaturated/α-hetero) is 1. The highest BCUT2D eigenvalue weighted by Crippen LogP contribution is 2.62. The summed E-state index contributed by atoms with van der Waals surface area (Å²) in [6, 6.07) is 2.21. The van der Waals surface area contributed by atoms with Crippen LogP contribution < -0.4 is 9.47 Å². The molecule has 4 atom stereocenters. The lowest BCUT2D eigenvalue weighted by atomic mass is 9.52. The molecule has 0 radical (unpaired) electrons. The Bertz CT molecular complexity index is 902. The highest BCUT2D eigenvalue weighted by Gasteiger charge is 2.65. The molecule has 4 nitrogen and oxygen atoms in total. The number of carbonyl (C=O) groups is 1. The number of hydrogen-bond donors (Lipinski definition) is 0. The zero-order valence-corrected chi connectivity index (χ0v) is 12.3. The van der Waals surface area contributed by atoms with Gasteiger partial charge in [-0.1, -0.05) is 6.07 Å². The lowest BCUT2D eigenvalue weighted by Crippen LogP contribution is -2.65. The number of likely N-dealkylation sites (tertiary alicyclic amines) is 1. The van der Waals surface area contributed by atoms with Crippen molar-refractivity contribution >= 4 is 5.78 Å². The highest BCUT2D eigenvalue weighted by atomic mass is 16.5. The van der Waals surface area contributed by atoms with Crippen molar-refractivity contribution in [2.75, 3.05) is 20.6 Å². The summed E-state index contributed by atoms with van der Waals surface area (Å²) < 4.78 is 62.1. The van der Waals surface area contributed by atoms with E-state index in [1.54, 1.807) is 12.1 Å². The second-order valence-electron chi connectivity index (χ2n) is 6.52. The Morgan fingerprint density at radius 2 is 2.50 bits per heavy atom. The monoisotopic (exact) mass is 305 g/mol. The van der Waals surface area contributed by atoms with Crippen LogP contribution in [0.1, 0.15) is 38.6 Å². The van der Waals surface area contributed by atoms with Crippen LogP contribution in [0.4, 0.5) is 0 Å². The molecule has 1 unspecified atom stereocenters. The molecule has 1 saturated carbocycles. The van der Waals surface area contributed by atoms with Gasteiger partial charge in [0, 0.05) is 30.3 Å². The molecule has 22 heavy (non-hydrogen) atoms. The second-order valence-corrected chi connectivity index (χ2v) is 6.52. The van der Waals surface area contributed by atoms with E-state index in [2.05, 4.69) is 0 Å². The van der Waals surface area contributed by atoms with Crippen LogP contribution in [-0.4, -0.2) is 43.4 Å². The minimum absolute atomic E-state index is 0.0724. The van der Waals surface area contributed by atoms with Gasteiger partial charge in [-0.15, -0.1) is 0 Å². The number of piperidine rings is 1. The van der Waals surface area contributed by atoms with E-state index in [1.165, 1.54) is 12.0 Å². The van der Waals surface area contributed by atoms with Gasteiger partial charge in [0.15, 0.2) is 23.4 Å². The molecule has 1 aromatic carbocycles. The molecular weight excluding hydrogens is 278 g/mol. The first-order chi connectivity index (χ1) is 13.0. The van der Waals surface area contributed by atoms with Gasteiger partial charge in [-0.2, -0.15) is 0 Å². The lowest BCUT2D eigenvalue weighted by molar-refractivity contribution is -0.138. The minimum Gasteiger partial charge on any atom is -0.493 e. The Labute approximate surface area is 138 Å². The number of rotatable bonds is 1. The molecule has 2 aliphatic heterocycles. The van der Waals surface area contributed by atoms with E-state index in [4.69, 9.17) is 17.7 Å². The summed E-state index contributed by atoms with van der Waals surface area (Å²) in [6.45, 7) is -2.39. The summed E-state index contributed by atoms with van der Waals surface area (Å²) in [7, 11) is 1.47. The Kier molecular flexibility index (Phi) is 1.53. The first kappa shape index (κ1) is 8.34. The van der Waals surface area contributed by atoms with Crippen molar-refractivity contribution in [3.63, 3.8) is 0 Å². The van der Waals surface area contributed by atoms with Gasteiger partial charge >= 0.3 is 0 Å². The van der Waals surface area contributed by atoms with E-state index >= 15 is 0 Å². The van der Waals surface area contributed by atoms with Crippen molar-refractivity contribution < 1.29 is 22.5 Å². The Morgan fingerprint density at radius 1 is 1.59 bits per heavy atom. The molecule has 2 bridgehead atoms. The molecule has 4 heteroatoms. The fraction of sp³-hybridized carbons (Fsp3) is 0.611. The standard InChI is InChI=1S/C18H21NO3/c1-19-8-7-18-11-4-5-13(20)17(18)22-16-14(21-2)6-3-10(15(16)18)9-12(11)19/h3,6,11-12,17H,4-5,7-9H2,1-2H3/t11-,12+,17?,18-/m0/s1/i1D3,9D2,17D. The number of ether oxygens (including phenoxy) is 2. The first-order valence-electron chi connectivity index (χ1n) is 10.7. The highest BCUT2D eigenvalue weighted by molar-refractivity contribution is 5.89. The molecule has 2 aliphatic carbocycles. The van der Waals surface area contributed by atoms with Crippen molar-refractivity contribution in [2.45, 2.75) is 43.2 Å². The topological polar surface area (TPSA) is 38.8 Å². The summed E-state index contributed by atoms with van der Waals surface area (Å²) in [4.78, 5) is 14.2. The molecule has 1 saturated heterocycles. The van der Waals surface area contributed by atoms with Crippen molar-refractivity contribution in [3.05, 3.63) is 23.3 Å². The summed E-state index contributed by atoms with van der Waals surface area (Å²) >= 11 is 0.